The van der Waals surface area contributed by atoms with Crippen LogP contribution in [0.3, 0.4) is 0 Å². The van der Waals surface area contributed by atoms with Crippen molar-refractivity contribution in [1.82, 2.24) is 9.97 Å². The van der Waals surface area contributed by atoms with Crippen molar-refractivity contribution in [2.24, 2.45) is 0 Å². The number of nitrogens with one attached hydrogen (secondary N) is 1. The molecule has 0 bridgehead atoms. The van der Waals surface area contributed by atoms with Crippen LogP contribution < -0.4 is 4.90 Å². The molecule has 0 saturated carbocycles. The fourth-order valence-corrected chi connectivity index (χ4v) is 5.38. The van der Waals surface area contributed by atoms with Crippen molar-refractivity contribution in [3.05, 3.63) is 50.8 Å². The van der Waals surface area contributed by atoms with Crippen LogP contribution in [0.25, 0.3) is 11.0 Å². The average Bonchev–Trinajstić information content (AvgIpc) is 3.22. The molecule has 3 aromatic rings. The predicted molar refractivity (Wildman–Crippen MR) is 116 cm³/mol. The molecule has 0 fully saturated rings. The van der Waals surface area contributed by atoms with Gasteiger partial charge >= 0.3 is 12.0 Å². The van der Waals surface area contributed by atoms with Crippen molar-refractivity contribution >= 4 is 39.4 Å². The molecule has 0 saturated heterocycles. The molecular weight excluding hydrogens is 404 g/mol. The number of amides is 2. The van der Waals surface area contributed by atoms with E-state index in [1.807, 2.05) is 26.0 Å². The Balaban J connectivity index is 1.89. The lowest BCUT2D eigenvalue weighted by atomic mass is 10.0. The first kappa shape index (κ1) is 20.5. The molecule has 1 unspecified atom stereocenters. The number of pyridine rings is 1. The number of aromatic amines is 1. The Labute approximate surface area is 178 Å². The van der Waals surface area contributed by atoms with E-state index in [1.165, 1.54) is 30.4 Å². The lowest BCUT2D eigenvalue weighted by Crippen LogP contribution is -2.55. The second-order valence-corrected chi connectivity index (χ2v) is 8.76. The monoisotopic (exact) mass is 428 g/mol. The van der Waals surface area contributed by atoms with Gasteiger partial charge in [0.15, 0.2) is 0 Å². The van der Waals surface area contributed by atoms with Gasteiger partial charge in [-0.15, -0.1) is 11.3 Å². The Morgan fingerprint density at radius 2 is 2.23 bits per heavy atom. The number of carbonyl (C=O) groups excluding carboxylic acids is 2. The van der Waals surface area contributed by atoms with Gasteiger partial charge in [-0.3, -0.25) is 9.55 Å². The Kier molecular flexibility index (Phi) is 5.13. The van der Waals surface area contributed by atoms with Crippen LogP contribution in [0.4, 0.5) is 9.80 Å². The summed E-state index contributed by atoms with van der Waals surface area (Å²) < 4.78 is 4.00. The maximum Gasteiger partial charge on any atom is 0.424 e. The van der Waals surface area contributed by atoms with Crippen LogP contribution in [-0.4, -0.2) is 47.3 Å². The molecule has 4 heterocycles. The van der Waals surface area contributed by atoms with Crippen LogP contribution in [0, 0.1) is 12.1 Å². The van der Waals surface area contributed by atoms with Crippen LogP contribution in [0.2, 0.25) is 0 Å². The number of quaternary nitrogens is 1. The highest BCUT2D eigenvalue weighted by atomic mass is 32.1. The van der Waals surface area contributed by atoms with E-state index < -0.39 is 16.6 Å². The number of thiophene rings is 1. The fourth-order valence-electron chi connectivity index (χ4n) is 4.06. The van der Waals surface area contributed by atoms with E-state index in [9.17, 15) is 14.8 Å². The van der Waals surface area contributed by atoms with Gasteiger partial charge in [0.05, 0.1) is 25.3 Å². The molecule has 1 aliphatic rings. The van der Waals surface area contributed by atoms with E-state index >= 15 is 0 Å². The Hall–Kier alpha value is -2.75. The highest BCUT2D eigenvalue weighted by molar-refractivity contribution is 7.17. The number of methoxy groups -OCH3 is 1. The summed E-state index contributed by atoms with van der Waals surface area (Å²) >= 11 is 1.39. The van der Waals surface area contributed by atoms with E-state index in [1.54, 1.807) is 6.20 Å². The number of rotatable bonds is 5. The van der Waals surface area contributed by atoms with Gasteiger partial charge in [-0.1, -0.05) is 6.92 Å². The molecule has 158 valence electrons. The normalized spacial score (nSPS) is 18.7. The summed E-state index contributed by atoms with van der Waals surface area (Å²) in [5.74, 6) is -0.482. The first-order valence-corrected chi connectivity index (χ1v) is 10.6. The number of aromatic nitrogens is 2. The minimum Gasteiger partial charge on any atom is -0.624 e. The van der Waals surface area contributed by atoms with Crippen LogP contribution in [-0.2, 0) is 17.7 Å². The Morgan fingerprint density at radius 1 is 1.47 bits per heavy atom. The van der Waals surface area contributed by atoms with Crippen LogP contribution in [0.5, 0.6) is 0 Å². The molecule has 8 nitrogen and oxygen atoms in total. The molecule has 0 aliphatic carbocycles. The standard InChI is InChI=1S/C21H24N4O4S/c1-5-9-24-19-15(11-25(3,28)21(24)27)17(20(26)29-4)16(30-19)10-14-12(2)23-18-13(14)7-6-8-22-18/h6-8H,5,9-11H2,1-4H3,(H,22,23). The minimum absolute atomic E-state index is 0.0796. The molecule has 4 rings (SSSR count). The number of ether oxygens (including phenoxy) is 1. The van der Waals surface area contributed by atoms with E-state index in [0.717, 1.165) is 27.2 Å². The Morgan fingerprint density at radius 3 is 2.93 bits per heavy atom. The van der Waals surface area contributed by atoms with Crippen LogP contribution >= 0.6 is 11.3 Å². The van der Waals surface area contributed by atoms with Crippen molar-refractivity contribution in [2.75, 3.05) is 25.6 Å². The van der Waals surface area contributed by atoms with E-state index in [0.29, 0.717) is 35.5 Å². The van der Waals surface area contributed by atoms with Crippen molar-refractivity contribution in [3.8, 4) is 0 Å². The summed E-state index contributed by atoms with van der Waals surface area (Å²) in [5, 5.41) is 14.6. The molecule has 1 aliphatic heterocycles. The number of urea groups is 1. The molecule has 0 radical (unpaired) electrons. The average molecular weight is 429 g/mol. The van der Waals surface area contributed by atoms with Gasteiger partial charge in [-0.2, -0.15) is 0 Å². The number of fused-ring (bicyclic) bond motifs is 2. The van der Waals surface area contributed by atoms with Gasteiger partial charge in [-0.05, 0) is 31.0 Å². The zero-order chi connectivity index (χ0) is 21.6. The minimum atomic E-state index is -1.07. The molecule has 2 amide bonds. The largest absolute Gasteiger partial charge is 0.624 e. The van der Waals surface area contributed by atoms with Crippen molar-refractivity contribution in [1.29, 1.82) is 0 Å². The third kappa shape index (κ3) is 3.19. The molecule has 0 aromatic carbocycles. The number of hydroxylamine groups is 3. The first-order chi connectivity index (χ1) is 14.3. The molecule has 30 heavy (non-hydrogen) atoms. The highest BCUT2D eigenvalue weighted by Gasteiger charge is 2.42. The second kappa shape index (κ2) is 7.50. The molecule has 0 spiro atoms. The van der Waals surface area contributed by atoms with Crippen molar-refractivity contribution in [3.63, 3.8) is 0 Å². The summed E-state index contributed by atoms with van der Waals surface area (Å²) in [5.41, 5.74) is 3.80. The second-order valence-electron chi connectivity index (χ2n) is 7.67. The summed E-state index contributed by atoms with van der Waals surface area (Å²) in [6.45, 7) is 4.28. The molecular formula is C21H24N4O4S. The maximum atomic E-state index is 12.9. The molecule has 9 heteroatoms. The summed E-state index contributed by atoms with van der Waals surface area (Å²) in [6, 6.07) is 3.37. The number of hydrogen-bond donors (Lipinski definition) is 1. The number of H-pyrrole nitrogens is 1. The van der Waals surface area contributed by atoms with Crippen molar-refractivity contribution in [2.45, 2.75) is 33.2 Å². The van der Waals surface area contributed by atoms with E-state index in [-0.39, 0.29) is 6.54 Å². The third-order valence-corrected chi connectivity index (χ3v) is 6.72. The van der Waals surface area contributed by atoms with Gasteiger partial charge < -0.3 is 14.9 Å². The van der Waals surface area contributed by atoms with Crippen LogP contribution in [0.1, 0.15) is 45.4 Å². The highest BCUT2D eigenvalue weighted by Crippen LogP contribution is 2.44. The predicted octanol–water partition coefficient (Wildman–Crippen LogP) is 4.10. The number of hydrogen-bond acceptors (Lipinski definition) is 6. The topological polar surface area (TPSA) is 98.4 Å². The van der Waals surface area contributed by atoms with Gasteiger partial charge in [0, 0.05) is 35.1 Å². The first-order valence-electron chi connectivity index (χ1n) is 9.82. The van der Waals surface area contributed by atoms with Crippen molar-refractivity contribution < 1.29 is 19.0 Å². The number of anilines is 1. The Bertz CT molecular complexity index is 1150. The summed E-state index contributed by atoms with van der Waals surface area (Å²) in [4.78, 5) is 35.5. The molecule has 1 atom stereocenters. The third-order valence-electron chi connectivity index (χ3n) is 5.46. The zero-order valence-corrected chi connectivity index (χ0v) is 18.3. The van der Waals surface area contributed by atoms with Gasteiger partial charge in [0.1, 0.15) is 17.2 Å². The number of carbonyl (C=O) groups is 2. The number of aryl methyl sites for hydroxylation is 1. The molecule has 1 N–H and O–H groups in total. The van der Waals surface area contributed by atoms with Crippen LogP contribution in [0.15, 0.2) is 18.3 Å². The summed E-state index contributed by atoms with van der Waals surface area (Å²) in [6.07, 6.45) is 2.92. The van der Waals surface area contributed by atoms with Gasteiger partial charge in [0.25, 0.3) is 0 Å². The lowest BCUT2D eigenvalue weighted by molar-refractivity contribution is -0.791. The smallest absolute Gasteiger partial charge is 0.424 e. The van der Waals surface area contributed by atoms with E-state index in [2.05, 4.69) is 9.97 Å². The quantitative estimate of drug-likeness (QED) is 0.375. The van der Waals surface area contributed by atoms with E-state index in [4.69, 9.17) is 4.74 Å². The zero-order valence-electron chi connectivity index (χ0n) is 17.4. The SMILES string of the molecule is CCCN1C(=O)[N+](C)([O-])Cc2c1sc(Cc1c(C)[nH]c3ncccc13)c2C(=O)OC. The maximum absolute atomic E-state index is 12.9. The molecule has 3 aromatic heterocycles. The van der Waals surface area contributed by atoms with Gasteiger partial charge in [-0.25, -0.2) is 14.6 Å². The number of esters is 1. The lowest BCUT2D eigenvalue weighted by Gasteiger charge is -2.42. The summed E-state index contributed by atoms with van der Waals surface area (Å²) in [7, 11) is 2.67. The van der Waals surface area contributed by atoms with Gasteiger partial charge in [0.2, 0.25) is 0 Å². The number of nitrogens with zero attached hydrogens (tertiary/aromatic N) is 3. The fraction of sp³-hybridized carbons (Fsp3) is 0.381.